The second-order valence-corrected chi connectivity index (χ2v) is 14.8. The standard InChI is InChI=1S/C51H40N4S/c1-7-20-38(21-8-1)44-34-46(40-24-11-3-12-25-40)54(47(35-44)41-26-13-4-14-27-41)33-19-32-50-52-53-51(56-50)55-48(42-28-15-5-16-29-42)36-45(39-22-9-2-10-23-39)37-49(55)43-30-17-6-18-31-43/h1-18,20-31,34-37H,19,32-33H2/q+2. The predicted octanol–water partition coefficient (Wildman–Crippen LogP) is 11.7. The zero-order valence-corrected chi connectivity index (χ0v) is 31.8. The van der Waals surface area contributed by atoms with Crippen LogP contribution >= 0.6 is 11.3 Å². The Labute approximate surface area is 332 Å². The van der Waals surface area contributed by atoms with Crippen LogP contribution in [0.4, 0.5) is 0 Å². The largest absolute Gasteiger partial charge is 0.415 e. The van der Waals surface area contributed by atoms with Crippen LogP contribution in [0.3, 0.4) is 0 Å². The van der Waals surface area contributed by atoms with Gasteiger partial charge in [0.25, 0.3) is 0 Å². The third-order valence-electron chi connectivity index (χ3n) is 10.1. The van der Waals surface area contributed by atoms with Crippen LogP contribution in [0.25, 0.3) is 72.4 Å². The van der Waals surface area contributed by atoms with Gasteiger partial charge < -0.3 is 0 Å². The van der Waals surface area contributed by atoms with Gasteiger partial charge in [0.1, 0.15) is 22.9 Å². The topological polar surface area (TPSA) is 33.5 Å². The van der Waals surface area contributed by atoms with Gasteiger partial charge in [0, 0.05) is 47.2 Å². The lowest BCUT2D eigenvalue weighted by molar-refractivity contribution is -0.675. The van der Waals surface area contributed by atoms with Crippen molar-refractivity contribution in [1.29, 1.82) is 0 Å². The molecule has 3 aromatic heterocycles. The number of pyridine rings is 2. The number of rotatable bonds is 11. The molecule has 268 valence electrons. The SMILES string of the molecule is c1ccc(-c2cc(-c3ccccc3)[n+](CCCc3nnc(-[n+]4c(-c5ccccc5)cc(-c5ccccc5)cc4-c4ccccc4)s3)c(-c3ccccc3)c2)cc1. The van der Waals surface area contributed by atoms with E-state index in [0.29, 0.717) is 0 Å². The summed E-state index contributed by atoms with van der Waals surface area (Å²) < 4.78 is 4.77. The van der Waals surface area contributed by atoms with Gasteiger partial charge in [0.15, 0.2) is 0 Å². The second kappa shape index (κ2) is 16.3. The Kier molecular flexibility index (Phi) is 10.1. The minimum Gasteiger partial charge on any atom is -0.191 e. The number of hydrogen-bond donors (Lipinski definition) is 0. The van der Waals surface area contributed by atoms with E-state index in [1.54, 1.807) is 11.3 Å². The fourth-order valence-electron chi connectivity index (χ4n) is 7.42. The Bertz CT molecular complexity index is 2560. The van der Waals surface area contributed by atoms with Crippen LogP contribution < -0.4 is 9.13 Å². The van der Waals surface area contributed by atoms with Gasteiger partial charge in [-0.05, 0) is 75.1 Å². The molecule has 0 radical (unpaired) electrons. The zero-order valence-electron chi connectivity index (χ0n) is 30.9. The van der Waals surface area contributed by atoms with E-state index >= 15 is 0 Å². The first-order valence-corrected chi connectivity index (χ1v) is 19.9. The molecule has 3 heterocycles. The molecule has 0 aliphatic rings. The summed E-state index contributed by atoms with van der Waals surface area (Å²) >= 11 is 1.67. The van der Waals surface area contributed by atoms with Crippen molar-refractivity contribution in [2.24, 2.45) is 0 Å². The van der Waals surface area contributed by atoms with Crippen molar-refractivity contribution in [2.75, 3.05) is 0 Å². The van der Waals surface area contributed by atoms with E-state index in [-0.39, 0.29) is 0 Å². The van der Waals surface area contributed by atoms with Crippen LogP contribution in [0.1, 0.15) is 11.4 Å². The molecule has 4 nitrogen and oxygen atoms in total. The quantitative estimate of drug-likeness (QED) is 0.124. The average molecular weight is 741 g/mol. The molecule has 0 aliphatic heterocycles. The minimum absolute atomic E-state index is 0.803. The van der Waals surface area contributed by atoms with Crippen LogP contribution in [-0.4, -0.2) is 10.2 Å². The van der Waals surface area contributed by atoms with E-state index in [9.17, 15) is 0 Å². The number of aryl methyl sites for hydroxylation is 1. The summed E-state index contributed by atoms with van der Waals surface area (Å²) in [5.74, 6) is 0. The van der Waals surface area contributed by atoms with E-state index in [1.165, 1.54) is 39.2 Å². The van der Waals surface area contributed by atoms with Gasteiger partial charge in [0.05, 0.1) is 5.10 Å². The monoisotopic (exact) mass is 740 g/mol. The van der Waals surface area contributed by atoms with Crippen molar-refractivity contribution < 1.29 is 9.13 Å². The first kappa shape index (κ1) is 34.9. The summed E-state index contributed by atoms with van der Waals surface area (Å²) in [7, 11) is 0. The molecule has 0 aliphatic carbocycles. The molecule has 0 N–H and O–H groups in total. The van der Waals surface area contributed by atoms with Gasteiger partial charge in [-0.15, -0.1) is 0 Å². The maximum absolute atomic E-state index is 4.89. The van der Waals surface area contributed by atoms with Crippen LogP contribution in [0.2, 0.25) is 0 Å². The van der Waals surface area contributed by atoms with E-state index in [4.69, 9.17) is 10.2 Å². The van der Waals surface area contributed by atoms with Crippen molar-refractivity contribution in [3.8, 4) is 72.4 Å². The van der Waals surface area contributed by atoms with Crippen molar-refractivity contribution in [3.05, 3.63) is 211 Å². The molecule has 0 spiro atoms. The number of benzene rings is 6. The summed E-state index contributed by atoms with van der Waals surface area (Å²) in [6.45, 7) is 0.821. The maximum atomic E-state index is 4.89. The van der Waals surface area contributed by atoms with Gasteiger partial charge in [-0.25, -0.2) is 0 Å². The Morgan fingerprint density at radius 1 is 0.357 bits per heavy atom. The minimum atomic E-state index is 0.803. The second-order valence-electron chi connectivity index (χ2n) is 13.8. The zero-order chi connectivity index (χ0) is 37.5. The van der Waals surface area contributed by atoms with Crippen molar-refractivity contribution in [1.82, 2.24) is 10.2 Å². The maximum Gasteiger partial charge on any atom is 0.415 e. The van der Waals surface area contributed by atoms with Crippen LogP contribution in [0, 0.1) is 0 Å². The molecule has 0 saturated heterocycles. The van der Waals surface area contributed by atoms with Crippen LogP contribution in [0.5, 0.6) is 0 Å². The third kappa shape index (κ3) is 7.45. The Morgan fingerprint density at radius 3 is 1.09 bits per heavy atom. The molecular weight excluding hydrogens is 701 g/mol. The summed E-state index contributed by atoms with van der Waals surface area (Å²) in [5, 5.41) is 11.6. The molecule has 9 aromatic rings. The molecule has 9 rings (SSSR count). The van der Waals surface area contributed by atoms with Crippen molar-refractivity contribution in [3.63, 3.8) is 0 Å². The van der Waals surface area contributed by atoms with Gasteiger partial charge in [-0.1, -0.05) is 158 Å². The highest BCUT2D eigenvalue weighted by Crippen LogP contribution is 2.32. The first-order chi connectivity index (χ1) is 27.8. The number of nitrogens with zero attached hydrogens (tertiary/aromatic N) is 4. The molecule has 0 amide bonds. The molecule has 0 atom stereocenters. The summed E-state index contributed by atoms with van der Waals surface area (Å²) in [6.07, 6.45) is 1.70. The highest BCUT2D eigenvalue weighted by atomic mass is 32.1. The van der Waals surface area contributed by atoms with Crippen LogP contribution in [0.15, 0.2) is 206 Å². The lowest BCUT2D eigenvalue weighted by Crippen LogP contribution is -2.39. The van der Waals surface area contributed by atoms with Crippen molar-refractivity contribution >= 4 is 11.3 Å². The smallest absolute Gasteiger partial charge is 0.191 e. The molecule has 0 unspecified atom stereocenters. The molecule has 5 heteroatoms. The molecule has 6 aromatic carbocycles. The molecule has 0 bridgehead atoms. The van der Waals surface area contributed by atoms with Gasteiger partial charge in [-0.3, -0.25) is 0 Å². The predicted molar refractivity (Wildman–Crippen MR) is 229 cm³/mol. The fourth-order valence-corrected chi connectivity index (χ4v) is 8.33. The lowest BCUT2D eigenvalue weighted by Gasteiger charge is -2.13. The molecular formula is C51H40N4S+2. The lowest BCUT2D eigenvalue weighted by atomic mass is 9.99. The number of aromatic nitrogens is 4. The Morgan fingerprint density at radius 2 is 0.696 bits per heavy atom. The Balaban J connectivity index is 1.10. The van der Waals surface area contributed by atoms with Gasteiger partial charge >= 0.3 is 5.13 Å². The van der Waals surface area contributed by atoms with E-state index in [2.05, 4.69) is 215 Å². The normalized spacial score (nSPS) is 11.1. The molecule has 0 fully saturated rings. The van der Waals surface area contributed by atoms with Crippen LogP contribution in [-0.2, 0) is 13.0 Å². The van der Waals surface area contributed by atoms with E-state index < -0.39 is 0 Å². The fraction of sp³-hybridized carbons (Fsp3) is 0.0588. The third-order valence-corrected chi connectivity index (χ3v) is 11.1. The highest BCUT2D eigenvalue weighted by Gasteiger charge is 2.27. The van der Waals surface area contributed by atoms with Gasteiger partial charge in [-0.2, -0.15) is 9.13 Å². The summed E-state index contributed by atoms with van der Waals surface area (Å²) in [6, 6.07) is 73.2. The first-order valence-electron chi connectivity index (χ1n) is 19.1. The molecule has 0 saturated carbocycles. The average Bonchev–Trinajstić information content (AvgIpc) is 3.76. The summed E-state index contributed by atoms with van der Waals surface area (Å²) in [5.41, 5.74) is 13.9. The summed E-state index contributed by atoms with van der Waals surface area (Å²) in [4.78, 5) is 0. The van der Waals surface area contributed by atoms with Gasteiger partial charge in [0.2, 0.25) is 11.4 Å². The van der Waals surface area contributed by atoms with E-state index in [0.717, 1.165) is 57.6 Å². The molecule has 56 heavy (non-hydrogen) atoms. The number of hydrogen-bond acceptors (Lipinski definition) is 3. The van der Waals surface area contributed by atoms with E-state index in [1.807, 2.05) is 0 Å². The van der Waals surface area contributed by atoms with Crippen molar-refractivity contribution in [2.45, 2.75) is 19.4 Å². The highest BCUT2D eigenvalue weighted by molar-refractivity contribution is 7.13. The Hall–Kier alpha value is -6.82.